The summed E-state index contributed by atoms with van der Waals surface area (Å²) in [5.74, 6) is -0.308. The molecule has 2 amide bonds. The molecule has 0 unspecified atom stereocenters. The number of fused-ring (bicyclic) bond motifs is 1. The van der Waals surface area contributed by atoms with Crippen molar-refractivity contribution in [2.75, 3.05) is 13.2 Å². The number of carbonyl (C=O) groups is 2. The van der Waals surface area contributed by atoms with Crippen LogP contribution < -0.4 is 4.74 Å². The molecule has 0 aliphatic carbocycles. The maximum absolute atomic E-state index is 12.2. The Hall–Kier alpha value is -2.93. The van der Waals surface area contributed by atoms with Crippen LogP contribution in [0.4, 0.5) is 5.69 Å². The lowest BCUT2D eigenvalue weighted by Gasteiger charge is -2.14. The Kier molecular flexibility index (Phi) is 4.67. The molecule has 1 aliphatic heterocycles. The summed E-state index contributed by atoms with van der Waals surface area (Å²) in [7, 11) is 0. The highest BCUT2D eigenvalue weighted by atomic mass is 35.5. The van der Waals surface area contributed by atoms with Crippen molar-refractivity contribution >= 4 is 29.1 Å². The summed E-state index contributed by atoms with van der Waals surface area (Å²) in [6, 6.07) is 10.6. The van der Waals surface area contributed by atoms with Gasteiger partial charge in [0.05, 0.1) is 27.7 Å². The fraction of sp³-hybridized carbons (Fsp3) is 0.176. The molecule has 8 heteroatoms. The van der Waals surface area contributed by atoms with Gasteiger partial charge in [0, 0.05) is 18.7 Å². The molecule has 0 N–H and O–H groups in total. The SMILES string of the molecule is O=C1c2ccccc2C(=O)N1CCCOc1ccc([N+](=O)[O-])cc1Cl. The van der Waals surface area contributed by atoms with Gasteiger partial charge in [-0.3, -0.25) is 24.6 Å². The normalized spacial score (nSPS) is 13.1. The van der Waals surface area contributed by atoms with Crippen LogP contribution >= 0.6 is 11.6 Å². The lowest BCUT2D eigenvalue weighted by atomic mass is 10.1. The number of nitrogens with zero attached hydrogens (tertiary/aromatic N) is 2. The van der Waals surface area contributed by atoms with Gasteiger partial charge >= 0.3 is 0 Å². The zero-order valence-corrected chi connectivity index (χ0v) is 13.7. The minimum Gasteiger partial charge on any atom is -0.492 e. The van der Waals surface area contributed by atoms with Gasteiger partial charge in [0.2, 0.25) is 0 Å². The minimum atomic E-state index is -0.544. The number of hydrogen-bond acceptors (Lipinski definition) is 5. The highest BCUT2D eigenvalue weighted by molar-refractivity contribution is 6.32. The zero-order valence-electron chi connectivity index (χ0n) is 13.0. The van der Waals surface area contributed by atoms with Gasteiger partial charge in [-0.25, -0.2) is 0 Å². The number of amides is 2. The number of non-ortho nitro benzene ring substituents is 1. The average molecular weight is 361 g/mol. The van der Waals surface area contributed by atoms with Crippen LogP contribution in [0.2, 0.25) is 5.02 Å². The van der Waals surface area contributed by atoms with Crippen LogP contribution in [0.25, 0.3) is 0 Å². The standard InChI is InChI=1S/C17H13ClN2O5/c18-14-10-11(20(23)24)6-7-15(14)25-9-3-8-19-16(21)12-4-1-2-5-13(12)17(19)22/h1-2,4-7,10H,3,8-9H2. The van der Waals surface area contributed by atoms with Gasteiger partial charge in [-0.05, 0) is 24.6 Å². The number of carbonyl (C=O) groups excluding carboxylic acids is 2. The number of benzene rings is 2. The molecule has 7 nitrogen and oxygen atoms in total. The fourth-order valence-corrected chi connectivity index (χ4v) is 2.80. The van der Waals surface area contributed by atoms with E-state index in [2.05, 4.69) is 0 Å². The van der Waals surface area contributed by atoms with E-state index < -0.39 is 4.92 Å². The van der Waals surface area contributed by atoms with Gasteiger partial charge in [0.15, 0.2) is 0 Å². The first-order valence-corrected chi connectivity index (χ1v) is 7.89. The lowest BCUT2D eigenvalue weighted by Crippen LogP contribution is -2.31. The molecule has 0 aromatic heterocycles. The van der Waals surface area contributed by atoms with E-state index in [1.54, 1.807) is 24.3 Å². The first-order valence-electron chi connectivity index (χ1n) is 7.51. The summed E-state index contributed by atoms with van der Waals surface area (Å²) in [6.07, 6.45) is 0.415. The Morgan fingerprint density at radius 3 is 2.28 bits per heavy atom. The van der Waals surface area contributed by atoms with Gasteiger partial charge in [0.25, 0.3) is 17.5 Å². The Balaban J connectivity index is 1.55. The predicted octanol–water partition coefficient (Wildman–Crippen LogP) is 3.31. The van der Waals surface area contributed by atoms with Gasteiger partial charge in [-0.15, -0.1) is 0 Å². The third-order valence-electron chi connectivity index (χ3n) is 3.79. The molecular weight excluding hydrogens is 348 g/mol. The second kappa shape index (κ2) is 6.90. The van der Waals surface area contributed by atoms with Crippen molar-refractivity contribution in [1.82, 2.24) is 4.90 Å². The molecular formula is C17H13ClN2O5. The van der Waals surface area contributed by atoms with Gasteiger partial charge in [0.1, 0.15) is 5.75 Å². The molecule has 3 rings (SSSR count). The monoisotopic (exact) mass is 360 g/mol. The molecule has 1 heterocycles. The summed E-state index contributed by atoms with van der Waals surface area (Å²) in [4.78, 5) is 35.7. The van der Waals surface area contributed by atoms with E-state index in [0.29, 0.717) is 23.3 Å². The third kappa shape index (κ3) is 3.32. The van der Waals surface area contributed by atoms with E-state index in [1.807, 2.05) is 0 Å². The number of nitro benzene ring substituents is 1. The van der Waals surface area contributed by atoms with E-state index in [9.17, 15) is 19.7 Å². The molecule has 128 valence electrons. The molecule has 1 aliphatic rings. The lowest BCUT2D eigenvalue weighted by molar-refractivity contribution is -0.384. The van der Waals surface area contributed by atoms with Crippen molar-refractivity contribution in [3.05, 3.63) is 68.7 Å². The summed E-state index contributed by atoms with van der Waals surface area (Å²) >= 11 is 5.94. The van der Waals surface area contributed by atoms with Crippen molar-refractivity contribution in [2.45, 2.75) is 6.42 Å². The summed E-state index contributed by atoms with van der Waals surface area (Å²) < 4.78 is 5.48. The largest absolute Gasteiger partial charge is 0.492 e. The third-order valence-corrected chi connectivity index (χ3v) is 4.08. The summed E-state index contributed by atoms with van der Waals surface area (Å²) in [5.41, 5.74) is 0.696. The molecule has 2 aromatic carbocycles. The maximum atomic E-state index is 12.2. The van der Waals surface area contributed by atoms with Crippen LogP contribution in [0.1, 0.15) is 27.1 Å². The van der Waals surface area contributed by atoms with Crippen molar-refractivity contribution in [2.24, 2.45) is 0 Å². The Bertz CT molecular complexity index is 833. The van der Waals surface area contributed by atoms with Crippen LogP contribution in [0.5, 0.6) is 5.75 Å². The molecule has 0 bridgehead atoms. The van der Waals surface area contributed by atoms with Gasteiger partial charge in [-0.2, -0.15) is 0 Å². The molecule has 0 fully saturated rings. The van der Waals surface area contributed by atoms with E-state index in [4.69, 9.17) is 16.3 Å². The fourth-order valence-electron chi connectivity index (χ4n) is 2.57. The second-order valence-electron chi connectivity index (χ2n) is 5.38. The van der Waals surface area contributed by atoms with Crippen molar-refractivity contribution in [3.8, 4) is 5.75 Å². The number of rotatable bonds is 6. The van der Waals surface area contributed by atoms with Crippen molar-refractivity contribution in [3.63, 3.8) is 0 Å². The second-order valence-corrected chi connectivity index (χ2v) is 5.79. The first kappa shape index (κ1) is 16.9. The number of imide groups is 1. The molecule has 0 saturated carbocycles. The molecule has 25 heavy (non-hydrogen) atoms. The van der Waals surface area contributed by atoms with Gasteiger partial charge < -0.3 is 4.74 Å². The topological polar surface area (TPSA) is 89.8 Å². The Morgan fingerprint density at radius 2 is 1.72 bits per heavy atom. The quantitative estimate of drug-likeness (QED) is 0.341. The number of hydrogen-bond donors (Lipinski definition) is 0. The average Bonchev–Trinajstić information content (AvgIpc) is 2.84. The van der Waals surface area contributed by atoms with Crippen molar-refractivity contribution < 1.29 is 19.2 Å². The van der Waals surface area contributed by atoms with E-state index >= 15 is 0 Å². The van der Waals surface area contributed by atoms with Crippen LogP contribution in [0, 0.1) is 10.1 Å². The Morgan fingerprint density at radius 1 is 1.08 bits per heavy atom. The molecule has 0 atom stereocenters. The molecule has 2 aromatic rings. The Labute approximate surface area is 147 Å². The van der Waals surface area contributed by atoms with Crippen LogP contribution in [-0.2, 0) is 0 Å². The van der Waals surface area contributed by atoms with Crippen molar-refractivity contribution in [1.29, 1.82) is 0 Å². The van der Waals surface area contributed by atoms with E-state index in [-0.39, 0.29) is 35.7 Å². The van der Waals surface area contributed by atoms with Crippen LogP contribution in [-0.4, -0.2) is 34.8 Å². The number of halogens is 1. The smallest absolute Gasteiger partial charge is 0.271 e. The van der Waals surface area contributed by atoms with E-state index in [1.165, 1.54) is 23.1 Å². The summed E-state index contributed by atoms with van der Waals surface area (Å²) in [5, 5.41) is 10.8. The molecule has 0 radical (unpaired) electrons. The summed E-state index contributed by atoms with van der Waals surface area (Å²) in [6.45, 7) is 0.432. The van der Waals surface area contributed by atoms with Crippen LogP contribution in [0.3, 0.4) is 0 Å². The predicted molar refractivity (Wildman–Crippen MR) is 90.0 cm³/mol. The number of nitro groups is 1. The highest BCUT2D eigenvalue weighted by Crippen LogP contribution is 2.29. The molecule has 0 spiro atoms. The minimum absolute atomic E-state index is 0.122. The zero-order chi connectivity index (χ0) is 18.0. The number of ether oxygens (including phenoxy) is 1. The first-order chi connectivity index (χ1) is 12.0. The molecule has 0 saturated heterocycles. The van der Waals surface area contributed by atoms with E-state index in [0.717, 1.165) is 0 Å². The highest BCUT2D eigenvalue weighted by Gasteiger charge is 2.34. The van der Waals surface area contributed by atoms with Gasteiger partial charge in [-0.1, -0.05) is 23.7 Å². The van der Waals surface area contributed by atoms with Crippen LogP contribution in [0.15, 0.2) is 42.5 Å². The maximum Gasteiger partial charge on any atom is 0.271 e.